The fourth-order valence-electron chi connectivity index (χ4n) is 1.87. The Morgan fingerprint density at radius 1 is 1.10 bits per heavy atom. The normalized spacial score (nSPS) is 10.4. The summed E-state index contributed by atoms with van der Waals surface area (Å²) in [6.07, 6.45) is 0.984. The molecular weight excluding hydrogens is 396 g/mol. The number of benzene rings is 2. The van der Waals surface area contributed by atoms with E-state index in [-0.39, 0.29) is 0 Å². The lowest BCUT2D eigenvalue weighted by molar-refractivity contribution is 0.311. The first-order valence-electron chi connectivity index (χ1n) is 6.85. The fraction of sp³-hybridized carbons (Fsp3) is 0.250. The van der Waals surface area contributed by atoms with Crippen LogP contribution in [0.1, 0.15) is 18.9 Å². The van der Waals surface area contributed by atoms with Crippen LogP contribution in [0.15, 0.2) is 51.4 Å². The third kappa shape index (κ3) is 5.02. The molecule has 3 nitrogen and oxygen atoms in total. The van der Waals surface area contributed by atoms with E-state index < -0.39 is 0 Å². The molecule has 0 saturated carbocycles. The minimum absolute atomic E-state index is 0.659. The van der Waals surface area contributed by atoms with Gasteiger partial charge in [-0.3, -0.25) is 0 Å². The van der Waals surface area contributed by atoms with Gasteiger partial charge in [-0.05, 0) is 46.6 Å². The van der Waals surface area contributed by atoms with Crippen LogP contribution in [-0.2, 0) is 6.54 Å². The molecule has 2 N–H and O–H groups in total. The van der Waals surface area contributed by atoms with Crippen molar-refractivity contribution in [2.75, 3.05) is 12.0 Å². The second-order valence-corrected chi connectivity index (χ2v) is 6.34. The molecule has 0 aliphatic rings. The predicted octanol–water partition coefficient (Wildman–Crippen LogP) is 5.12. The highest BCUT2D eigenvalue weighted by atomic mass is 79.9. The van der Waals surface area contributed by atoms with Crippen LogP contribution >= 0.6 is 31.9 Å². The Balaban J connectivity index is 2.04. The van der Waals surface area contributed by atoms with Crippen molar-refractivity contribution in [1.82, 2.24) is 5.43 Å². The van der Waals surface area contributed by atoms with E-state index in [1.54, 1.807) is 0 Å². The van der Waals surface area contributed by atoms with Crippen LogP contribution in [0.25, 0.3) is 0 Å². The lowest BCUT2D eigenvalue weighted by Crippen LogP contribution is -2.21. The summed E-state index contributed by atoms with van der Waals surface area (Å²) in [7, 11) is 0. The molecule has 2 rings (SSSR count). The predicted molar refractivity (Wildman–Crippen MR) is 94.5 cm³/mol. The van der Waals surface area contributed by atoms with Crippen molar-refractivity contribution in [2.24, 2.45) is 0 Å². The fourth-order valence-corrected chi connectivity index (χ4v) is 3.30. The van der Waals surface area contributed by atoms with Gasteiger partial charge in [0.05, 0.1) is 11.1 Å². The molecule has 112 valence electrons. The van der Waals surface area contributed by atoms with Crippen molar-refractivity contribution < 1.29 is 4.74 Å². The lowest BCUT2D eigenvalue weighted by atomic mass is 10.2. The molecule has 0 fully saturated rings. The number of halogens is 2. The number of rotatable bonds is 7. The maximum absolute atomic E-state index is 5.84. The number of nitrogens with one attached hydrogen (secondary N) is 2. The van der Waals surface area contributed by atoms with Crippen LogP contribution in [-0.4, -0.2) is 6.61 Å². The SMILES string of the molecule is CCCOc1c(Br)cc(Br)cc1CNNc1ccccc1. The first kappa shape index (κ1) is 16.3. The zero-order valence-electron chi connectivity index (χ0n) is 11.8. The summed E-state index contributed by atoms with van der Waals surface area (Å²) >= 11 is 7.08. The average molecular weight is 414 g/mol. The van der Waals surface area contributed by atoms with Gasteiger partial charge in [0.25, 0.3) is 0 Å². The Morgan fingerprint density at radius 2 is 1.86 bits per heavy atom. The minimum Gasteiger partial charge on any atom is -0.492 e. The molecule has 2 aromatic rings. The van der Waals surface area contributed by atoms with Crippen molar-refractivity contribution in [2.45, 2.75) is 19.9 Å². The smallest absolute Gasteiger partial charge is 0.138 e. The summed E-state index contributed by atoms with van der Waals surface area (Å²) in [5.41, 5.74) is 8.52. The number of para-hydroxylation sites is 1. The summed E-state index contributed by atoms with van der Waals surface area (Å²) in [5.74, 6) is 0.891. The lowest BCUT2D eigenvalue weighted by Gasteiger charge is -2.15. The molecule has 0 aromatic heterocycles. The highest BCUT2D eigenvalue weighted by Gasteiger charge is 2.10. The van der Waals surface area contributed by atoms with Gasteiger partial charge in [0, 0.05) is 22.3 Å². The standard InChI is InChI=1S/C16H18Br2N2O/c1-2-8-21-16-12(9-13(17)10-15(16)18)11-19-20-14-6-4-3-5-7-14/h3-7,9-10,19-20H,2,8,11H2,1H3. The first-order chi connectivity index (χ1) is 10.2. The van der Waals surface area contributed by atoms with Crippen molar-refractivity contribution in [3.8, 4) is 5.75 Å². The third-order valence-electron chi connectivity index (χ3n) is 2.82. The molecule has 0 heterocycles. The monoisotopic (exact) mass is 412 g/mol. The molecule has 0 spiro atoms. The number of ether oxygens (including phenoxy) is 1. The van der Waals surface area contributed by atoms with E-state index in [0.717, 1.165) is 32.4 Å². The topological polar surface area (TPSA) is 33.3 Å². The van der Waals surface area contributed by atoms with E-state index in [1.807, 2.05) is 36.4 Å². The van der Waals surface area contributed by atoms with Crippen LogP contribution in [0.3, 0.4) is 0 Å². The second kappa shape index (κ2) is 8.41. The molecule has 21 heavy (non-hydrogen) atoms. The average Bonchev–Trinajstić information content (AvgIpc) is 2.47. The molecule has 0 amide bonds. The summed E-state index contributed by atoms with van der Waals surface area (Å²) in [4.78, 5) is 0. The minimum atomic E-state index is 0.659. The van der Waals surface area contributed by atoms with Gasteiger partial charge in [0.15, 0.2) is 0 Å². The Kier molecular flexibility index (Phi) is 6.54. The zero-order chi connectivity index (χ0) is 15.1. The highest BCUT2D eigenvalue weighted by molar-refractivity contribution is 9.11. The Bertz CT molecular complexity index is 576. The van der Waals surface area contributed by atoms with Gasteiger partial charge in [-0.2, -0.15) is 0 Å². The number of anilines is 1. The Morgan fingerprint density at radius 3 is 2.57 bits per heavy atom. The molecule has 0 atom stereocenters. The molecule has 5 heteroatoms. The largest absolute Gasteiger partial charge is 0.492 e. The van der Waals surface area contributed by atoms with E-state index in [1.165, 1.54) is 0 Å². The molecule has 0 saturated heterocycles. The van der Waals surface area contributed by atoms with E-state index in [0.29, 0.717) is 13.2 Å². The first-order valence-corrected chi connectivity index (χ1v) is 8.44. The zero-order valence-corrected chi connectivity index (χ0v) is 15.0. The molecule has 0 radical (unpaired) electrons. The Labute approximate surface area is 142 Å². The van der Waals surface area contributed by atoms with Crippen LogP contribution < -0.4 is 15.6 Å². The van der Waals surface area contributed by atoms with Gasteiger partial charge < -0.3 is 10.2 Å². The van der Waals surface area contributed by atoms with Gasteiger partial charge in [-0.15, -0.1) is 0 Å². The molecule has 0 bridgehead atoms. The van der Waals surface area contributed by atoms with E-state index in [4.69, 9.17) is 4.74 Å². The Hall–Kier alpha value is -1.04. The van der Waals surface area contributed by atoms with Crippen molar-refractivity contribution >= 4 is 37.5 Å². The summed E-state index contributed by atoms with van der Waals surface area (Å²) < 4.78 is 7.82. The maximum atomic E-state index is 5.84. The second-order valence-electron chi connectivity index (χ2n) is 4.57. The van der Waals surface area contributed by atoms with Crippen LogP contribution in [0, 0.1) is 0 Å². The van der Waals surface area contributed by atoms with Crippen molar-refractivity contribution in [3.63, 3.8) is 0 Å². The van der Waals surface area contributed by atoms with Gasteiger partial charge in [0.2, 0.25) is 0 Å². The van der Waals surface area contributed by atoms with Crippen molar-refractivity contribution in [3.05, 3.63) is 57.0 Å². The van der Waals surface area contributed by atoms with E-state index >= 15 is 0 Å². The van der Waals surface area contributed by atoms with Gasteiger partial charge in [0.1, 0.15) is 5.75 Å². The highest BCUT2D eigenvalue weighted by Crippen LogP contribution is 2.33. The van der Waals surface area contributed by atoms with Gasteiger partial charge in [-0.25, -0.2) is 5.43 Å². The molecule has 0 aliphatic heterocycles. The number of hydrogen-bond donors (Lipinski definition) is 2. The molecule has 0 unspecified atom stereocenters. The van der Waals surface area contributed by atoms with Gasteiger partial charge in [-0.1, -0.05) is 41.1 Å². The quantitative estimate of drug-likeness (QED) is 0.618. The van der Waals surface area contributed by atoms with E-state index in [9.17, 15) is 0 Å². The summed E-state index contributed by atoms with van der Waals surface area (Å²) in [5, 5.41) is 0. The number of hydrogen-bond acceptors (Lipinski definition) is 3. The maximum Gasteiger partial charge on any atom is 0.138 e. The summed E-state index contributed by atoms with van der Waals surface area (Å²) in [6.45, 7) is 3.47. The van der Waals surface area contributed by atoms with Crippen LogP contribution in [0.4, 0.5) is 5.69 Å². The molecular formula is C16H18Br2N2O. The third-order valence-corrected chi connectivity index (χ3v) is 3.87. The number of hydrazine groups is 1. The van der Waals surface area contributed by atoms with Crippen LogP contribution in [0.2, 0.25) is 0 Å². The van der Waals surface area contributed by atoms with Gasteiger partial charge >= 0.3 is 0 Å². The van der Waals surface area contributed by atoms with E-state index in [2.05, 4.69) is 55.7 Å². The summed E-state index contributed by atoms with van der Waals surface area (Å²) in [6, 6.07) is 14.1. The molecule has 0 aliphatic carbocycles. The molecule has 2 aromatic carbocycles. The van der Waals surface area contributed by atoms with Crippen molar-refractivity contribution in [1.29, 1.82) is 0 Å². The van der Waals surface area contributed by atoms with Crippen LogP contribution in [0.5, 0.6) is 5.75 Å².